The van der Waals surface area contributed by atoms with Crippen molar-refractivity contribution in [3.05, 3.63) is 0 Å². The fourth-order valence-corrected chi connectivity index (χ4v) is 3.35. The van der Waals surface area contributed by atoms with Gasteiger partial charge in [-0.3, -0.25) is 0 Å². The molecule has 4 nitrogen and oxygen atoms in total. The molecule has 0 spiro atoms. The molecule has 0 aromatic heterocycles. The number of hydrogen-bond acceptors (Lipinski definition) is 4. The van der Waals surface area contributed by atoms with Gasteiger partial charge < -0.3 is 20.4 Å². The summed E-state index contributed by atoms with van der Waals surface area (Å²) in [7, 11) is 0. The zero-order valence-corrected chi connectivity index (χ0v) is 26.6. The van der Waals surface area contributed by atoms with Crippen molar-refractivity contribution in [1.82, 2.24) is 0 Å². The maximum absolute atomic E-state index is 10.0. The van der Waals surface area contributed by atoms with E-state index in [2.05, 4.69) is 55.4 Å². The van der Waals surface area contributed by atoms with Gasteiger partial charge in [0.25, 0.3) is 0 Å². The quantitative estimate of drug-likeness (QED) is 0.255. The molecule has 0 aromatic rings. The van der Waals surface area contributed by atoms with E-state index < -0.39 is 0 Å². The largest absolute Gasteiger partial charge is 4.00 e. The second-order valence-electron chi connectivity index (χ2n) is 9.55. The van der Waals surface area contributed by atoms with Crippen LogP contribution >= 0.6 is 0 Å². The average molecular weight is 579 g/mol. The van der Waals surface area contributed by atoms with Crippen LogP contribution in [0.1, 0.15) is 132 Å². The smallest absolute Gasteiger partial charge is 0.854 e. The van der Waals surface area contributed by atoms with E-state index in [4.69, 9.17) is 0 Å². The number of hydrogen-bond donors (Lipinski definition) is 0. The van der Waals surface area contributed by atoms with Crippen molar-refractivity contribution in [2.24, 2.45) is 23.7 Å². The molecule has 4 unspecified atom stereocenters. The molecule has 0 N–H and O–H groups in total. The van der Waals surface area contributed by atoms with Crippen molar-refractivity contribution >= 4 is 23.9 Å². The Labute approximate surface area is 226 Å². The van der Waals surface area contributed by atoms with Gasteiger partial charge in [0.2, 0.25) is 0 Å². The zero-order valence-electron chi connectivity index (χ0n) is 23.8. The van der Waals surface area contributed by atoms with Crippen LogP contribution in [-0.4, -0.2) is 50.3 Å². The van der Waals surface area contributed by atoms with E-state index >= 15 is 0 Å². The molecule has 4 atom stereocenters. The van der Waals surface area contributed by atoms with Crippen molar-refractivity contribution in [2.45, 2.75) is 132 Å². The van der Waals surface area contributed by atoms with Crippen LogP contribution in [0.4, 0.5) is 0 Å². The first-order chi connectivity index (χ1) is 15.2. The van der Waals surface area contributed by atoms with Gasteiger partial charge in [0.1, 0.15) is 0 Å². The molecule has 0 bridgehead atoms. The zero-order chi connectivity index (χ0) is 25.6. The molecule has 0 aliphatic heterocycles. The standard InChI is InChI=1S/4C7H15O.Sn/c4*1-3-4-7(2)5-6-8;/h4*7H,3-6H2,1-2H3;/q4*-1;+4. The predicted molar refractivity (Wildman–Crippen MR) is 140 cm³/mol. The predicted octanol–water partition coefficient (Wildman–Crippen LogP) is 4.31. The summed E-state index contributed by atoms with van der Waals surface area (Å²) in [5.41, 5.74) is 0. The maximum atomic E-state index is 10.0. The van der Waals surface area contributed by atoms with Crippen molar-refractivity contribution in [1.29, 1.82) is 0 Å². The van der Waals surface area contributed by atoms with E-state index in [1.807, 2.05) is 0 Å². The van der Waals surface area contributed by atoms with Crippen LogP contribution < -0.4 is 20.4 Å². The van der Waals surface area contributed by atoms with Crippen LogP contribution in [0, 0.1) is 23.7 Å². The van der Waals surface area contributed by atoms with E-state index in [0.29, 0.717) is 23.7 Å². The fourth-order valence-electron chi connectivity index (χ4n) is 3.35. The summed E-state index contributed by atoms with van der Waals surface area (Å²) in [5, 5.41) is 40.1. The summed E-state index contributed by atoms with van der Waals surface area (Å²) in [5.74, 6) is 2.60. The molecule has 0 rings (SSSR count). The second kappa shape index (κ2) is 39.8. The average Bonchev–Trinajstić information content (AvgIpc) is 2.71. The van der Waals surface area contributed by atoms with Crippen LogP contribution in [0.2, 0.25) is 0 Å². The van der Waals surface area contributed by atoms with Crippen LogP contribution in [0.5, 0.6) is 0 Å². The molecule has 5 heteroatoms. The Kier molecular flexibility index (Phi) is 52.7. The van der Waals surface area contributed by atoms with E-state index in [0.717, 1.165) is 25.7 Å². The van der Waals surface area contributed by atoms with Crippen molar-refractivity contribution in [3.63, 3.8) is 0 Å². The van der Waals surface area contributed by atoms with E-state index in [1.165, 1.54) is 51.4 Å². The van der Waals surface area contributed by atoms with Crippen LogP contribution in [-0.2, 0) is 0 Å². The molecule has 0 saturated heterocycles. The third kappa shape index (κ3) is 50.5. The maximum Gasteiger partial charge on any atom is 4.00 e. The Hall–Kier alpha value is 0.639. The third-order valence-electron chi connectivity index (χ3n) is 5.57. The Morgan fingerprint density at radius 1 is 0.364 bits per heavy atom. The van der Waals surface area contributed by atoms with Gasteiger partial charge in [-0.15, -0.1) is 26.4 Å². The summed E-state index contributed by atoms with van der Waals surface area (Å²) in [6, 6.07) is 0. The molecule has 0 radical (unpaired) electrons. The normalized spacial score (nSPS) is 13.5. The minimum atomic E-state index is 0. The molecule has 200 valence electrons. The van der Waals surface area contributed by atoms with Crippen molar-refractivity contribution in [2.75, 3.05) is 26.4 Å². The summed E-state index contributed by atoms with van der Waals surface area (Å²) in [6.07, 6.45) is 13.1. The Bertz CT molecular complexity index is 213. The molecule has 0 amide bonds. The Morgan fingerprint density at radius 3 is 0.606 bits per heavy atom. The summed E-state index contributed by atoms with van der Waals surface area (Å²) in [4.78, 5) is 0. The number of rotatable bonds is 16. The Balaban J connectivity index is -0.000000105. The molecule has 0 aliphatic carbocycles. The van der Waals surface area contributed by atoms with Gasteiger partial charge in [-0.25, -0.2) is 0 Å². The Morgan fingerprint density at radius 2 is 0.515 bits per heavy atom. The molecule has 0 fully saturated rings. The van der Waals surface area contributed by atoms with Gasteiger partial charge in [0.15, 0.2) is 0 Å². The fraction of sp³-hybridized carbons (Fsp3) is 1.00. The van der Waals surface area contributed by atoms with Crippen LogP contribution in [0.25, 0.3) is 0 Å². The molecular weight excluding hydrogens is 519 g/mol. The molecule has 33 heavy (non-hydrogen) atoms. The summed E-state index contributed by atoms with van der Waals surface area (Å²) >= 11 is 0. The van der Waals surface area contributed by atoms with Gasteiger partial charge in [-0.05, 0) is 23.7 Å². The topological polar surface area (TPSA) is 92.2 Å². The van der Waals surface area contributed by atoms with Gasteiger partial charge in [0, 0.05) is 0 Å². The first-order valence-corrected chi connectivity index (χ1v) is 13.6. The minimum absolute atomic E-state index is 0. The first-order valence-electron chi connectivity index (χ1n) is 13.6. The first kappa shape index (κ1) is 43.7. The second-order valence-corrected chi connectivity index (χ2v) is 9.55. The monoisotopic (exact) mass is 580 g/mol. The third-order valence-corrected chi connectivity index (χ3v) is 5.57. The molecule has 0 heterocycles. The molecule has 0 aromatic carbocycles. The van der Waals surface area contributed by atoms with Crippen LogP contribution in [0.3, 0.4) is 0 Å². The summed E-state index contributed by atoms with van der Waals surface area (Å²) < 4.78 is 0. The summed E-state index contributed by atoms with van der Waals surface area (Å²) in [6.45, 7) is 17.6. The van der Waals surface area contributed by atoms with Gasteiger partial charge >= 0.3 is 23.9 Å². The molecule has 0 saturated carbocycles. The van der Waals surface area contributed by atoms with E-state index in [-0.39, 0.29) is 50.3 Å². The van der Waals surface area contributed by atoms with E-state index in [1.54, 1.807) is 0 Å². The van der Waals surface area contributed by atoms with Gasteiger partial charge in [-0.1, -0.05) is 132 Å². The van der Waals surface area contributed by atoms with Crippen molar-refractivity contribution in [3.8, 4) is 0 Å². The molecular formula is C28H60O4Sn. The van der Waals surface area contributed by atoms with Gasteiger partial charge in [-0.2, -0.15) is 0 Å². The van der Waals surface area contributed by atoms with Crippen molar-refractivity contribution < 1.29 is 20.4 Å². The van der Waals surface area contributed by atoms with Crippen LogP contribution in [0.15, 0.2) is 0 Å². The van der Waals surface area contributed by atoms with E-state index in [9.17, 15) is 20.4 Å². The molecule has 0 aliphatic rings. The minimum Gasteiger partial charge on any atom is -0.854 e. The van der Waals surface area contributed by atoms with Gasteiger partial charge in [0.05, 0.1) is 0 Å². The SMILES string of the molecule is CCCC(C)CC[O-].CCCC(C)CC[O-].CCCC(C)CC[O-].CCCC(C)CC[O-].[Sn+4].